The van der Waals surface area contributed by atoms with E-state index < -0.39 is 12.0 Å². The van der Waals surface area contributed by atoms with Crippen LogP contribution < -0.4 is 10.4 Å². The molecule has 0 saturated heterocycles. The van der Waals surface area contributed by atoms with Crippen molar-refractivity contribution in [2.45, 2.75) is 26.8 Å². The maximum absolute atomic E-state index is 10.7. The molecule has 2 aromatic rings. The minimum Gasteiger partial charge on any atom is -0.548 e. The Kier molecular flexibility index (Phi) is 2.66. The fourth-order valence-electron chi connectivity index (χ4n) is 1.40. The highest BCUT2D eigenvalue weighted by molar-refractivity contribution is 5.84. The van der Waals surface area contributed by atoms with Gasteiger partial charge in [0.05, 0.1) is 12.0 Å². The molecule has 0 spiro atoms. The molecule has 7 nitrogen and oxygen atoms in total. The van der Waals surface area contributed by atoms with Crippen molar-refractivity contribution in [2.24, 2.45) is 0 Å². The number of nitrogens with one attached hydrogen (secondary N) is 1. The highest BCUT2D eigenvalue weighted by Crippen LogP contribution is 2.20. The fourth-order valence-corrected chi connectivity index (χ4v) is 1.40. The molecule has 1 unspecified atom stereocenters. The molecule has 1 atom stereocenters. The summed E-state index contributed by atoms with van der Waals surface area (Å²) in [6.45, 7) is 4.83. The number of carbonyl (C=O) groups excluding carboxylic acids is 1. The lowest BCUT2D eigenvalue weighted by Crippen LogP contribution is -2.38. The molecular weight excluding hydrogens is 224 g/mol. The van der Waals surface area contributed by atoms with Crippen LogP contribution in [0.15, 0.2) is 4.42 Å². The molecule has 0 fully saturated rings. The van der Waals surface area contributed by atoms with Crippen molar-refractivity contribution in [1.82, 2.24) is 15.0 Å². The van der Waals surface area contributed by atoms with Gasteiger partial charge in [-0.3, -0.25) is 0 Å². The maximum Gasteiger partial charge on any atom is 0.252 e. The summed E-state index contributed by atoms with van der Waals surface area (Å²) in [5, 5.41) is 13.4. The van der Waals surface area contributed by atoms with E-state index in [4.69, 9.17) is 4.42 Å². The summed E-state index contributed by atoms with van der Waals surface area (Å²) in [5.41, 5.74) is 0.754. The zero-order valence-electron chi connectivity index (χ0n) is 9.64. The molecule has 0 saturated carbocycles. The van der Waals surface area contributed by atoms with Crippen molar-refractivity contribution in [3.63, 3.8) is 0 Å². The Morgan fingerprint density at radius 1 is 1.35 bits per heavy atom. The molecule has 0 aromatic carbocycles. The topological polar surface area (TPSA) is 104 Å². The van der Waals surface area contributed by atoms with E-state index in [0.29, 0.717) is 28.8 Å². The molecule has 17 heavy (non-hydrogen) atoms. The fraction of sp³-hybridized carbons (Fsp3) is 0.400. The Hall–Kier alpha value is -2.18. The third-order valence-electron chi connectivity index (χ3n) is 2.18. The van der Waals surface area contributed by atoms with Gasteiger partial charge in [0.1, 0.15) is 5.82 Å². The third-order valence-corrected chi connectivity index (χ3v) is 2.18. The van der Waals surface area contributed by atoms with Gasteiger partial charge in [-0.1, -0.05) is 0 Å². The summed E-state index contributed by atoms with van der Waals surface area (Å²) in [5.74, 6) is 0.0430. The molecule has 0 bridgehead atoms. The van der Waals surface area contributed by atoms with Crippen LogP contribution in [0.4, 0.5) is 5.82 Å². The number of rotatable bonds is 3. The van der Waals surface area contributed by atoms with Crippen LogP contribution in [0.25, 0.3) is 11.2 Å². The Balaban J connectivity index is 2.48. The normalized spacial score (nSPS) is 12.6. The molecule has 0 aliphatic heterocycles. The number of anilines is 1. The standard InChI is InChI=1S/C10H12N4O3/c1-4(10(15)16)11-8-7-9(13-5(2)12-8)17-6(3)14-7/h4H,1-3H3,(H,15,16)(H,11,12,13)/p-1. The van der Waals surface area contributed by atoms with Crippen LogP contribution in [0.3, 0.4) is 0 Å². The first-order valence-corrected chi connectivity index (χ1v) is 5.06. The van der Waals surface area contributed by atoms with E-state index >= 15 is 0 Å². The minimum atomic E-state index is -1.21. The van der Waals surface area contributed by atoms with Gasteiger partial charge in [0.15, 0.2) is 17.2 Å². The minimum absolute atomic E-state index is 0.334. The van der Waals surface area contributed by atoms with Crippen LogP contribution >= 0.6 is 0 Å². The summed E-state index contributed by atoms with van der Waals surface area (Å²) in [4.78, 5) is 22.9. The molecule has 2 heterocycles. The van der Waals surface area contributed by atoms with Gasteiger partial charge in [-0.15, -0.1) is 0 Å². The van der Waals surface area contributed by atoms with Crippen molar-refractivity contribution < 1.29 is 14.3 Å². The second kappa shape index (κ2) is 4.00. The highest BCUT2D eigenvalue weighted by Gasteiger charge is 2.14. The van der Waals surface area contributed by atoms with Crippen LogP contribution in [0, 0.1) is 13.8 Å². The van der Waals surface area contributed by atoms with Crippen LogP contribution in [-0.4, -0.2) is 27.0 Å². The van der Waals surface area contributed by atoms with Gasteiger partial charge in [0.2, 0.25) is 0 Å². The van der Waals surface area contributed by atoms with Gasteiger partial charge in [0.25, 0.3) is 5.71 Å². The molecular formula is C10H11N4O3-. The quantitative estimate of drug-likeness (QED) is 0.784. The SMILES string of the molecule is Cc1nc(NC(C)C(=O)[O-])c2nc(C)oc2n1. The first-order chi connectivity index (χ1) is 7.97. The van der Waals surface area contributed by atoms with E-state index in [2.05, 4.69) is 20.3 Å². The molecule has 90 valence electrons. The van der Waals surface area contributed by atoms with E-state index in [1.54, 1.807) is 13.8 Å². The van der Waals surface area contributed by atoms with Crippen molar-refractivity contribution >= 4 is 23.0 Å². The average molecular weight is 235 g/mol. The number of carbonyl (C=O) groups is 1. The lowest BCUT2D eigenvalue weighted by Gasteiger charge is -2.15. The number of carboxylic acids is 1. The summed E-state index contributed by atoms with van der Waals surface area (Å²) in [6.07, 6.45) is 0. The van der Waals surface area contributed by atoms with E-state index in [-0.39, 0.29) is 0 Å². The van der Waals surface area contributed by atoms with Gasteiger partial charge in [0, 0.05) is 6.92 Å². The maximum atomic E-state index is 10.7. The van der Waals surface area contributed by atoms with E-state index in [1.807, 2.05) is 0 Å². The van der Waals surface area contributed by atoms with Gasteiger partial charge in [-0.25, -0.2) is 9.97 Å². The Labute approximate surface area is 96.9 Å². The van der Waals surface area contributed by atoms with E-state index in [9.17, 15) is 9.90 Å². The Morgan fingerprint density at radius 3 is 2.71 bits per heavy atom. The first kappa shape index (κ1) is 11.3. The van der Waals surface area contributed by atoms with Gasteiger partial charge in [-0.2, -0.15) is 4.98 Å². The van der Waals surface area contributed by atoms with Gasteiger partial charge >= 0.3 is 0 Å². The number of nitrogens with zero attached hydrogens (tertiary/aromatic N) is 3. The predicted molar refractivity (Wildman–Crippen MR) is 57.2 cm³/mol. The van der Waals surface area contributed by atoms with Crippen molar-refractivity contribution in [1.29, 1.82) is 0 Å². The van der Waals surface area contributed by atoms with Crippen LogP contribution in [-0.2, 0) is 4.79 Å². The van der Waals surface area contributed by atoms with E-state index in [0.717, 1.165) is 0 Å². The number of aryl methyl sites for hydroxylation is 2. The predicted octanol–water partition coefficient (Wildman–Crippen LogP) is -0.215. The largest absolute Gasteiger partial charge is 0.548 e. The highest BCUT2D eigenvalue weighted by atomic mass is 16.4. The smallest absolute Gasteiger partial charge is 0.252 e. The summed E-state index contributed by atoms with van der Waals surface area (Å²) in [6, 6.07) is -0.871. The molecule has 0 aliphatic rings. The van der Waals surface area contributed by atoms with Crippen LogP contribution in [0.1, 0.15) is 18.6 Å². The summed E-state index contributed by atoms with van der Waals surface area (Å²) < 4.78 is 5.27. The number of aromatic nitrogens is 3. The number of fused-ring (bicyclic) bond motifs is 1. The summed E-state index contributed by atoms with van der Waals surface area (Å²) in [7, 11) is 0. The second-order valence-electron chi connectivity index (χ2n) is 3.69. The molecule has 0 amide bonds. The number of carboxylic acid groups (broad SMARTS) is 1. The van der Waals surface area contributed by atoms with Crippen molar-refractivity contribution in [3.05, 3.63) is 11.7 Å². The molecule has 2 rings (SSSR count). The second-order valence-corrected chi connectivity index (χ2v) is 3.69. The molecule has 0 aliphatic carbocycles. The van der Waals surface area contributed by atoms with E-state index in [1.165, 1.54) is 6.92 Å². The number of hydrogen-bond donors (Lipinski definition) is 1. The molecule has 7 heteroatoms. The third kappa shape index (κ3) is 2.17. The lowest BCUT2D eigenvalue weighted by molar-refractivity contribution is -0.306. The zero-order chi connectivity index (χ0) is 12.6. The van der Waals surface area contributed by atoms with Crippen LogP contribution in [0.5, 0.6) is 0 Å². The molecule has 2 aromatic heterocycles. The monoisotopic (exact) mass is 235 g/mol. The Morgan fingerprint density at radius 2 is 2.06 bits per heavy atom. The summed E-state index contributed by atoms with van der Waals surface area (Å²) >= 11 is 0. The lowest BCUT2D eigenvalue weighted by atomic mass is 10.3. The first-order valence-electron chi connectivity index (χ1n) is 5.06. The van der Waals surface area contributed by atoms with Crippen molar-refractivity contribution in [2.75, 3.05) is 5.32 Å². The van der Waals surface area contributed by atoms with Gasteiger partial charge < -0.3 is 19.6 Å². The van der Waals surface area contributed by atoms with Crippen LogP contribution in [0.2, 0.25) is 0 Å². The zero-order valence-corrected chi connectivity index (χ0v) is 9.64. The number of aliphatic carboxylic acids is 1. The van der Waals surface area contributed by atoms with Gasteiger partial charge in [-0.05, 0) is 13.8 Å². The molecule has 1 N–H and O–H groups in total. The number of hydrogen-bond acceptors (Lipinski definition) is 7. The average Bonchev–Trinajstić information content (AvgIpc) is 2.58. The van der Waals surface area contributed by atoms with Crippen molar-refractivity contribution in [3.8, 4) is 0 Å². The Bertz CT molecular complexity index is 578. The number of oxazole rings is 1. The molecule has 0 radical (unpaired) electrons.